The number of nitrogens with one attached hydrogen (secondary N) is 1. The van der Waals surface area contributed by atoms with Gasteiger partial charge in [-0.2, -0.15) is 0 Å². The molecule has 0 amide bonds. The van der Waals surface area contributed by atoms with Gasteiger partial charge in [0.15, 0.2) is 0 Å². The van der Waals surface area contributed by atoms with Crippen LogP contribution >= 0.6 is 0 Å². The van der Waals surface area contributed by atoms with Gasteiger partial charge in [0.2, 0.25) is 0 Å². The summed E-state index contributed by atoms with van der Waals surface area (Å²) >= 11 is 0. The number of fused-ring (bicyclic) bond motifs is 1. The van der Waals surface area contributed by atoms with Crippen molar-refractivity contribution in [2.45, 2.75) is 53.0 Å². The molecule has 1 aromatic heterocycles. The maximum Gasteiger partial charge on any atom is 0.0483 e. The van der Waals surface area contributed by atoms with Crippen molar-refractivity contribution in [2.75, 3.05) is 6.54 Å². The van der Waals surface area contributed by atoms with E-state index < -0.39 is 0 Å². The Morgan fingerprint density at radius 2 is 1.95 bits per heavy atom. The first kappa shape index (κ1) is 16.1. The molecule has 1 aromatic carbocycles. The van der Waals surface area contributed by atoms with Gasteiger partial charge in [-0.1, -0.05) is 51.3 Å². The summed E-state index contributed by atoms with van der Waals surface area (Å²) in [6.07, 6.45) is 5.29. The molecule has 0 saturated carbocycles. The zero-order valence-electron chi connectivity index (χ0n) is 14.1. The third-order valence-electron chi connectivity index (χ3n) is 4.78. The summed E-state index contributed by atoms with van der Waals surface area (Å²) in [5.41, 5.74) is 4.17. The van der Waals surface area contributed by atoms with Gasteiger partial charge < -0.3 is 9.88 Å². The fourth-order valence-electron chi connectivity index (χ4n) is 3.22. The Bertz CT molecular complexity index is 529. The Morgan fingerprint density at radius 3 is 2.62 bits per heavy atom. The van der Waals surface area contributed by atoms with Gasteiger partial charge in [-0.15, -0.1) is 0 Å². The zero-order valence-corrected chi connectivity index (χ0v) is 14.1. The summed E-state index contributed by atoms with van der Waals surface area (Å²) < 4.78 is 2.34. The van der Waals surface area contributed by atoms with Gasteiger partial charge in [-0.25, -0.2) is 0 Å². The highest BCUT2D eigenvalue weighted by Crippen LogP contribution is 2.24. The van der Waals surface area contributed by atoms with E-state index in [9.17, 15) is 0 Å². The molecule has 1 heterocycles. The number of unbranched alkanes of at least 4 members (excludes halogenated alkanes) is 1. The number of aromatic nitrogens is 1. The van der Waals surface area contributed by atoms with Crippen LogP contribution in [0, 0.1) is 12.8 Å². The Kier molecular flexibility index (Phi) is 5.86. The molecule has 0 fully saturated rings. The van der Waals surface area contributed by atoms with E-state index in [1.54, 1.807) is 0 Å². The van der Waals surface area contributed by atoms with E-state index in [-0.39, 0.29) is 0 Å². The molecule has 21 heavy (non-hydrogen) atoms. The molecule has 2 nitrogen and oxygen atoms in total. The van der Waals surface area contributed by atoms with E-state index in [1.165, 1.54) is 47.8 Å². The average molecular weight is 286 g/mol. The summed E-state index contributed by atoms with van der Waals surface area (Å²) in [5, 5.41) is 5.07. The highest BCUT2D eigenvalue weighted by atomic mass is 15.0. The molecule has 0 bridgehead atoms. The smallest absolute Gasteiger partial charge is 0.0483 e. The first-order valence-corrected chi connectivity index (χ1v) is 8.42. The lowest BCUT2D eigenvalue weighted by Crippen LogP contribution is -2.23. The largest absolute Gasteiger partial charge is 0.346 e. The van der Waals surface area contributed by atoms with Crippen LogP contribution in [-0.2, 0) is 13.6 Å². The summed E-state index contributed by atoms with van der Waals surface area (Å²) in [6, 6.07) is 8.69. The minimum atomic E-state index is 0.819. The van der Waals surface area contributed by atoms with Gasteiger partial charge >= 0.3 is 0 Å². The lowest BCUT2D eigenvalue weighted by molar-refractivity contribution is 0.417. The van der Waals surface area contributed by atoms with Gasteiger partial charge in [0.05, 0.1) is 0 Å². The second kappa shape index (κ2) is 7.65. The minimum absolute atomic E-state index is 0.819. The van der Waals surface area contributed by atoms with Crippen LogP contribution in [0.3, 0.4) is 0 Å². The highest BCUT2D eigenvalue weighted by molar-refractivity contribution is 5.85. The van der Waals surface area contributed by atoms with Crippen LogP contribution in [0.5, 0.6) is 0 Å². The van der Waals surface area contributed by atoms with Crippen LogP contribution in [0.4, 0.5) is 0 Å². The first-order chi connectivity index (χ1) is 10.2. The third kappa shape index (κ3) is 3.68. The minimum Gasteiger partial charge on any atom is -0.346 e. The molecule has 0 aliphatic carbocycles. The number of hydrogen-bond acceptors (Lipinski definition) is 1. The molecule has 0 aliphatic heterocycles. The van der Waals surface area contributed by atoms with E-state index in [0.717, 1.165) is 19.0 Å². The lowest BCUT2D eigenvalue weighted by Gasteiger charge is -2.16. The number of benzene rings is 1. The molecule has 1 N–H and O–H groups in total. The van der Waals surface area contributed by atoms with E-state index in [0.29, 0.717) is 0 Å². The Balaban J connectivity index is 2.00. The van der Waals surface area contributed by atoms with E-state index in [2.05, 4.69) is 62.0 Å². The molecule has 1 unspecified atom stereocenters. The van der Waals surface area contributed by atoms with Crippen molar-refractivity contribution in [2.24, 2.45) is 13.0 Å². The van der Waals surface area contributed by atoms with E-state index in [4.69, 9.17) is 0 Å². The second-order valence-electron chi connectivity index (χ2n) is 6.20. The normalized spacial score (nSPS) is 13.0. The molecular weight excluding hydrogens is 256 g/mol. The van der Waals surface area contributed by atoms with Crippen LogP contribution in [0.25, 0.3) is 10.9 Å². The molecule has 0 radical (unpaired) electrons. The maximum absolute atomic E-state index is 3.68. The Morgan fingerprint density at radius 1 is 1.19 bits per heavy atom. The van der Waals surface area contributed by atoms with Crippen LogP contribution in [-0.4, -0.2) is 11.1 Å². The molecular formula is C19H30N2. The summed E-state index contributed by atoms with van der Waals surface area (Å²) in [6.45, 7) is 8.94. The summed E-state index contributed by atoms with van der Waals surface area (Å²) in [5.74, 6) is 0.819. The molecule has 116 valence electrons. The number of nitrogens with zero attached hydrogens (tertiary/aromatic N) is 1. The van der Waals surface area contributed by atoms with Crippen LogP contribution in [0.1, 0.15) is 50.8 Å². The average Bonchev–Trinajstić information content (AvgIpc) is 2.76. The van der Waals surface area contributed by atoms with Gasteiger partial charge in [0.1, 0.15) is 0 Å². The zero-order chi connectivity index (χ0) is 15.2. The maximum atomic E-state index is 3.68. The van der Waals surface area contributed by atoms with Crippen molar-refractivity contribution in [1.82, 2.24) is 9.88 Å². The fraction of sp³-hybridized carbons (Fsp3) is 0.579. The van der Waals surface area contributed by atoms with Gasteiger partial charge in [0, 0.05) is 30.2 Å². The van der Waals surface area contributed by atoms with Crippen molar-refractivity contribution < 1.29 is 0 Å². The third-order valence-corrected chi connectivity index (χ3v) is 4.78. The number of rotatable bonds is 8. The standard InChI is InChI=1S/C19H30N2/c1-5-7-10-16(6-2)13-20-14-19-15(3)17-11-8-9-12-18(17)21(19)4/h8-9,11-12,16,20H,5-7,10,13-14H2,1-4H3. The Labute approximate surface area is 129 Å². The predicted molar refractivity (Wildman–Crippen MR) is 92.7 cm³/mol. The summed E-state index contributed by atoms with van der Waals surface area (Å²) in [4.78, 5) is 0. The van der Waals surface area contributed by atoms with E-state index >= 15 is 0 Å². The number of aryl methyl sites for hydroxylation is 2. The molecule has 0 saturated heterocycles. The van der Waals surface area contributed by atoms with Gasteiger partial charge in [-0.05, 0) is 37.4 Å². The monoisotopic (exact) mass is 286 g/mol. The quantitative estimate of drug-likeness (QED) is 0.738. The molecule has 0 spiro atoms. The number of para-hydroxylation sites is 1. The Hall–Kier alpha value is -1.28. The molecule has 2 rings (SSSR count). The van der Waals surface area contributed by atoms with E-state index in [1.807, 2.05) is 0 Å². The summed E-state index contributed by atoms with van der Waals surface area (Å²) in [7, 11) is 2.18. The molecule has 0 aliphatic rings. The fourth-order valence-corrected chi connectivity index (χ4v) is 3.22. The van der Waals surface area contributed by atoms with Crippen LogP contribution in [0.2, 0.25) is 0 Å². The second-order valence-corrected chi connectivity index (χ2v) is 6.20. The lowest BCUT2D eigenvalue weighted by atomic mass is 9.99. The molecule has 2 heteroatoms. The van der Waals surface area contributed by atoms with Gasteiger partial charge in [0.25, 0.3) is 0 Å². The SMILES string of the molecule is CCCCC(CC)CNCc1c(C)c2ccccc2n1C. The van der Waals surface area contributed by atoms with Gasteiger partial charge in [-0.3, -0.25) is 0 Å². The first-order valence-electron chi connectivity index (χ1n) is 8.42. The van der Waals surface area contributed by atoms with Crippen LogP contribution in [0.15, 0.2) is 24.3 Å². The topological polar surface area (TPSA) is 17.0 Å². The van der Waals surface area contributed by atoms with Crippen molar-refractivity contribution >= 4 is 10.9 Å². The number of hydrogen-bond donors (Lipinski definition) is 1. The van der Waals surface area contributed by atoms with Crippen molar-refractivity contribution in [3.05, 3.63) is 35.5 Å². The van der Waals surface area contributed by atoms with Crippen molar-refractivity contribution in [3.8, 4) is 0 Å². The van der Waals surface area contributed by atoms with Crippen LogP contribution < -0.4 is 5.32 Å². The predicted octanol–water partition coefficient (Wildman–Crippen LogP) is 4.79. The molecule has 2 aromatic rings. The van der Waals surface area contributed by atoms with Crippen molar-refractivity contribution in [3.63, 3.8) is 0 Å². The van der Waals surface area contributed by atoms with Crippen molar-refractivity contribution in [1.29, 1.82) is 0 Å². The highest BCUT2D eigenvalue weighted by Gasteiger charge is 2.11. The molecule has 1 atom stereocenters.